The van der Waals surface area contributed by atoms with Crippen LogP contribution in [0, 0.1) is 6.92 Å². The SMILES string of the molecule is Cc1ccc(OC2CCN(C(=O)c3ccccc3-n3cncn3)CC2)cc1. The van der Waals surface area contributed by atoms with Crippen molar-refractivity contribution in [2.75, 3.05) is 13.1 Å². The molecular formula is C21H22N4O2. The molecule has 1 aliphatic heterocycles. The average Bonchev–Trinajstić information content (AvgIpc) is 3.24. The van der Waals surface area contributed by atoms with Gasteiger partial charge >= 0.3 is 0 Å². The smallest absolute Gasteiger partial charge is 0.256 e. The maximum absolute atomic E-state index is 13.0. The van der Waals surface area contributed by atoms with E-state index in [0.717, 1.165) is 24.3 Å². The molecule has 1 amide bonds. The lowest BCUT2D eigenvalue weighted by atomic mass is 10.1. The van der Waals surface area contributed by atoms with E-state index in [1.807, 2.05) is 41.3 Å². The predicted octanol–water partition coefficient (Wildman–Crippen LogP) is 3.26. The van der Waals surface area contributed by atoms with Gasteiger partial charge in [-0.2, -0.15) is 5.10 Å². The number of piperidine rings is 1. The highest BCUT2D eigenvalue weighted by Crippen LogP contribution is 2.22. The second-order valence-corrected chi connectivity index (χ2v) is 6.78. The molecule has 2 aromatic carbocycles. The molecule has 1 saturated heterocycles. The molecule has 0 radical (unpaired) electrons. The van der Waals surface area contributed by atoms with E-state index in [9.17, 15) is 4.79 Å². The van der Waals surface area contributed by atoms with Crippen LogP contribution in [0.3, 0.4) is 0 Å². The molecule has 1 aliphatic rings. The molecule has 4 rings (SSSR count). The lowest BCUT2D eigenvalue weighted by molar-refractivity contribution is 0.0595. The first-order valence-corrected chi connectivity index (χ1v) is 9.17. The maximum Gasteiger partial charge on any atom is 0.256 e. The van der Waals surface area contributed by atoms with E-state index in [1.165, 1.54) is 11.9 Å². The summed E-state index contributed by atoms with van der Waals surface area (Å²) in [6, 6.07) is 15.6. The van der Waals surface area contributed by atoms with Gasteiger partial charge in [-0.25, -0.2) is 9.67 Å². The van der Waals surface area contributed by atoms with Crippen LogP contribution in [0.25, 0.3) is 5.69 Å². The fourth-order valence-electron chi connectivity index (χ4n) is 3.34. The lowest BCUT2D eigenvalue weighted by Gasteiger charge is -2.32. The first-order chi connectivity index (χ1) is 13.2. The van der Waals surface area contributed by atoms with Crippen LogP contribution in [0.2, 0.25) is 0 Å². The van der Waals surface area contributed by atoms with Crippen molar-refractivity contribution in [1.29, 1.82) is 0 Å². The molecule has 3 aromatic rings. The fourth-order valence-corrected chi connectivity index (χ4v) is 3.34. The summed E-state index contributed by atoms with van der Waals surface area (Å²) in [5, 5.41) is 4.15. The number of para-hydroxylation sites is 1. The van der Waals surface area contributed by atoms with E-state index < -0.39 is 0 Å². The Hall–Kier alpha value is -3.15. The third kappa shape index (κ3) is 3.84. The fraction of sp³-hybridized carbons (Fsp3) is 0.286. The molecule has 0 bridgehead atoms. The van der Waals surface area contributed by atoms with E-state index in [1.54, 1.807) is 11.0 Å². The first-order valence-electron chi connectivity index (χ1n) is 9.17. The number of hydrogen-bond acceptors (Lipinski definition) is 4. The second-order valence-electron chi connectivity index (χ2n) is 6.78. The number of nitrogens with zero attached hydrogens (tertiary/aromatic N) is 4. The minimum absolute atomic E-state index is 0.0230. The van der Waals surface area contributed by atoms with Crippen LogP contribution in [0.1, 0.15) is 28.8 Å². The summed E-state index contributed by atoms with van der Waals surface area (Å²) in [6.07, 6.45) is 4.86. The minimum Gasteiger partial charge on any atom is -0.490 e. The molecule has 1 aromatic heterocycles. The summed E-state index contributed by atoms with van der Waals surface area (Å²) in [7, 11) is 0. The highest BCUT2D eigenvalue weighted by molar-refractivity contribution is 5.97. The number of rotatable bonds is 4. The van der Waals surface area contributed by atoms with Crippen LogP contribution in [-0.2, 0) is 0 Å². The highest BCUT2D eigenvalue weighted by Gasteiger charge is 2.26. The molecule has 1 fully saturated rings. The normalized spacial score (nSPS) is 14.9. The van der Waals surface area contributed by atoms with Gasteiger partial charge in [0, 0.05) is 25.9 Å². The van der Waals surface area contributed by atoms with Gasteiger partial charge in [0.15, 0.2) is 0 Å². The van der Waals surface area contributed by atoms with Crippen LogP contribution < -0.4 is 4.74 Å². The lowest BCUT2D eigenvalue weighted by Crippen LogP contribution is -2.42. The Bertz CT molecular complexity index is 898. The van der Waals surface area contributed by atoms with E-state index in [-0.39, 0.29) is 12.0 Å². The number of hydrogen-bond donors (Lipinski definition) is 0. The second kappa shape index (κ2) is 7.61. The van der Waals surface area contributed by atoms with Crippen LogP contribution in [0.4, 0.5) is 0 Å². The van der Waals surface area contributed by atoms with Crippen molar-refractivity contribution < 1.29 is 9.53 Å². The van der Waals surface area contributed by atoms with E-state index in [0.29, 0.717) is 18.7 Å². The number of aromatic nitrogens is 3. The van der Waals surface area contributed by atoms with Crippen molar-refractivity contribution >= 4 is 5.91 Å². The van der Waals surface area contributed by atoms with Gasteiger partial charge in [0.1, 0.15) is 24.5 Å². The Kier molecular flexibility index (Phi) is 4.87. The van der Waals surface area contributed by atoms with Crippen molar-refractivity contribution in [2.45, 2.75) is 25.9 Å². The third-order valence-electron chi connectivity index (χ3n) is 4.85. The Morgan fingerprint density at radius 3 is 2.52 bits per heavy atom. The molecule has 0 saturated carbocycles. The van der Waals surface area contributed by atoms with Crippen LogP contribution in [0.15, 0.2) is 61.2 Å². The molecule has 0 spiro atoms. The van der Waals surface area contributed by atoms with Crippen molar-refractivity contribution in [3.63, 3.8) is 0 Å². The minimum atomic E-state index is 0.0230. The van der Waals surface area contributed by atoms with Gasteiger partial charge in [0.25, 0.3) is 5.91 Å². The Labute approximate surface area is 158 Å². The molecule has 0 atom stereocenters. The molecule has 138 valence electrons. The topological polar surface area (TPSA) is 60.2 Å². The summed E-state index contributed by atoms with van der Waals surface area (Å²) in [6.45, 7) is 3.42. The van der Waals surface area contributed by atoms with Gasteiger partial charge in [-0.15, -0.1) is 0 Å². The van der Waals surface area contributed by atoms with Gasteiger partial charge in [-0.1, -0.05) is 29.8 Å². The van der Waals surface area contributed by atoms with Gasteiger partial charge in [-0.05, 0) is 31.2 Å². The van der Waals surface area contributed by atoms with Crippen molar-refractivity contribution in [2.24, 2.45) is 0 Å². The molecule has 2 heterocycles. The standard InChI is InChI=1S/C21H22N4O2/c1-16-6-8-17(9-7-16)27-18-10-12-24(13-11-18)21(26)19-4-2-3-5-20(19)25-15-22-14-23-25/h2-9,14-15,18H,10-13H2,1H3. The number of aryl methyl sites for hydroxylation is 1. The number of likely N-dealkylation sites (tertiary alicyclic amines) is 1. The quantitative estimate of drug-likeness (QED) is 0.715. The number of benzene rings is 2. The summed E-state index contributed by atoms with van der Waals surface area (Å²) in [5.41, 5.74) is 2.60. The molecule has 0 N–H and O–H groups in total. The zero-order valence-electron chi connectivity index (χ0n) is 15.3. The Morgan fingerprint density at radius 2 is 1.81 bits per heavy atom. The van der Waals surface area contributed by atoms with Crippen molar-refractivity contribution in [1.82, 2.24) is 19.7 Å². The van der Waals surface area contributed by atoms with E-state index in [4.69, 9.17) is 4.74 Å². The van der Waals surface area contributed by atoms with Crippen LogP contribution in [-0.4, -0.2) is 44.8 Å². The maximum atomic E-state index is 13.0. The summed E-state index contributed by atoms with van der Waals surface area (Å²) in [4.78, 5) is 18.9. The number of carbonyl (C=O) groups is 1. The van der Waals surface area contributed by atoms with Gasteiger partial charge < -0.3 is 9.64 Å². The predicted molar refractivity (Wildman–Crippen MR) is 102 cm³/mol. The van der Waals surface area contributed by atoms with Gasteiger partial charge in [0.2, 0.25) is 0 Å². The summed E-state index contributed by atoms with van der Waals surface area (Å²) < 4.78 is 7.69. The Balaban J connectivity index is 1.41. The van der Waals surface area contributed by atoms with E-state index in [2.05, 4.69) is 29.1 Å². The first kappa shape index (κ1) is 17.3. The molecule has 27 heavy (non-hydrogen) atoms. The molecule has 0 aliphatic carbocycles. The largest absolute Gasteiger partial charge is 0.490 e. The van der Waals surface area contributed by atoms with Gasteiger partial charge in [-0.3, -0.25) is 4.79 Å². The summed E-state index contributed by atoms with van der Waals surface area (Å²) >= 11 is 0. The summed E-state index contributed by atoms with van der Waals surface area (Å²) in [5.74, 6) is 0.914. The molecule has 6 nitrogen and oxygen atoms in total. The highest BCUT2D eigenvalue weighted by atomic mass is 16.5. The number of carbonyl (C=O) groups excluding carboxylic acids is 1. The average molecular weight is 362 g/mol. The van der Waals surface area contributed by atoms with Crippen LogP contribution in [0.5, 0.6) is 5.75 Å². The monoisotopic (exact) mass is 362 g/mol. The van der Waals surface area contributed by atoms with Crippen molar-refractivity contribution in [3.05, 3.63) is 72.3 Å². The van der Waals surface area contributed by atoms with Gasteiger partial charge in [0.05, 0.1) is 11.3 Å². The zero-order valence-corrected chi connectivity index (χ0v) is 15.3. The van der Waals surface area contributed by atoms with Crippen LogP contribution >= 0.6 is 0 Å². The zero-order chi connectivity index (χ0) is 18.6. The molecule has 0 unspecified atom stereocenters. The molecular weight excluding hydrogens is 340 g/mol. The third-order valence-corrected chi connectivity index (χ3v) is 4.85. The Morgan fingerprint density at radius 1 is 1.07 bits per heavy atom. The number of ether oxygens (including phenoxy) is 1. The van der Waals surface area contributed by atoms with E-state index >= 15 is 0 Å². The molecule has 6 heteroatoms. The van der Waals surface area contributed by atoms with Crippen molar-refractivity contribution in [3.8, 4) is 11.4 Å². The number of amides is 1.